The summed E-state index contributed by atoms with van der Waals surface area (Å²) in [5, 5.41) is 19.1. The van der Waals surface area contributed by atoms with Gasteiger partial charge in [-0.25, -0.2) is 4.79 Å². The van der Waals surface area contributed by atoms with Gasteiger partial charge in [-0.05, 0) is 35.9 Å². The van der Waals surface area contributed by atoms with Gasteiger partial charge in [-0.2, -0.15) is 5.26 Å². The molecule has 5 nitrogen and oxygen atoms in total. The van der Waals surface area contributed by atoms with Crippen LogP contribution in [0.1, 0.15) is 11.1 Å². The van der Waals surface area contributed by atoms with E-state index in [9.17, 15) is 10.1 Å². The maximum atomic E-state index is 10.7. The summed E-state index contributed by atoms with van der Waals surface area (Å²) in [7, 11) is 1.40. The predicted octanol–water partition coefficient (Wildman–Crippen LogP) is 5.18. The number of allylic oxidation sites excluding steroid dienone is 1. The van der Waals surface area contributed by atoms with E-state index >= 15 is 0 Å². The number of nitriles is 1. The van der Waals surface area contributed by atoms with Crippen molar-refractivity contribution in [3.8, 4) is 17.6 Å². The molecule has 0 fully saturated rings. The van der Waals surface area contributed by atoms with Gasteiger partial charge in [0.05, 0.1) is 28.8 Å². The Labute approximate surface area is 164 Å². The summed E-state index contributed by atoms with van der Waals surface area (Å²) >= 11 is 18.2. The van der Waals surface area contributed by atoms with E-state index in [1.54, 1.807) is 30.3 Å². The molecule has 2 aromatic rings. The van der Waals surface area contributed by atoms with E-state index in [1.165, 1.54) is 13.2 Å². The summed E-state index contributed by atoms with van der Waals surface area (Å²) < 4.78 is 10.3. The first-order chi connectivity index (χ1) is 12.3. The monoisotopic (exact) mass is 411 g/mol. The Hall–Kier alpha value is -2.39. The molecule has 1 N–H and O–H groups in total. The Morgan fingerprint density at radius 3 is 2.54 bits per heavy atom. The van der Waals surface area contributed by atoms with Crippen LogP contribution in [0.5, 0.6) is 11.5 Å². The molecule has 0 heterocycles. The first kappa shape index (κ1) is 19.9. The van der Waals surface area contributed by atoms with Gasteiger partial charge in [0.25, 0.3) is 0 Å². The Morgan fingerprint density at radius 2 is 1.96 bits per heavy atom. The highest BCUT2D eigenvalue weighted by molar-refractivity contribution is 6.36. The Balaban J connectivity index is 2.47. The Morgan fingerprint density at radius 1 is 1.23 bits per heavy atom. The van der Waals surface area contributed by atoms with Crippen LogP contribution in [0.15, 0.2) is 30.3 Å². The maximum Gasteiger partial charge on any atom is 0.341 e. The molecule has 0 aliphatic rings. The lowest BCUT2D eigenvalue weighted by molar-refractivity contribution is -0.139. The molecule has 134 valence electrons. The number of carbonyl (C=O) groups is 1. The third-order valence-electron chi connectivity index (χ3n) is 3.24. The first-order valence-electron chi connectivity index (χ1n) is 7.15. The van der Waals surface area contributed by atoms with Crippen molar-refractivity contribution in [2.24, 2.45) is 0 Å². The molecule has 0 saturated heterocycles. The summed E-state index contributed by atoms with van der Waals surface area (Å²) in [6.07, 6.45) is 1.57. The minimum absolute atomic E-state index is 0.108. The Bertz CT molecular complexity index is 919. The fourth-order valence-electron chi connectivity index (χ4n) is 2.14. The zero-order valence-corrected chi connectivity index (χ0v) is 15.7. The van der Waals surface area contributed by atoms with Crippen LogP contribution < -0.4 is 9.47 Å². The third-order valence-corrected chi connectivity index (χ3v) is 4.07. The minimum atomic E-state index is -1.14. The number of halogens is 3. The average molecular weight is 413 g/mol. The van der Waals surface area contributed by atoms with Crippen molar-refractivity contribution in [1.29, 1.82) is 5.26 Å². The van der Waals surface area contributed by atoms with E-state index in [1.807, 2.05) is 0 Å². The van der Waals surface area contributed by atoms with Crippen LogP contribution in [0.25, 0.3) is 11.6 Å². The number of rotatable bonds is 6. The molecule has 0 aliphatic carbocycles. The summed E-state index contributed by atoms with van der Waals surface area (Å²) in [4.78, 5) is 10.7. The normalized spacial score (nSPS) is 11.0. The molecule has 0 amide bonds. The quantitative estimate of drug-likeness (QED) is 0.522. The second-order valence-corrected chi connectivity index (χ2v) is 6.26. The van der Waals surface area contributed by atoms with Gasteiger partial charge in [-0.15, -0.1) is 0 Å². The topological polar surface area (TPSA) is 79.5 Å². The van der Waals surface area contributed by atoms with Gasteiger partial charge in [0.1, 0.15) is 0 Å². The second-order valence-electron chi connectivity index (χ2n) is 5.01. The minimum Gasteiger partial charge on any atom is -0.493 e. The molecule has 0 spiro atoms. The number of carboxylic acid groups (broad SMARTS) is 1. The molecule has 0 aliphatic heterocycles. The molecule has 0 unspecified atom stereocenters. The number of carboxylic acids is 1. The maximum absolute atomic E-state index is 10.7. The average Bonchev–Trinajstić information content (AvgIpc) is 2.58. The van der Waals surface area contributed by atoms with Gasteiger partial charge in [-0.1, -0.05) is 40.9 Å². The number of methoxy groups -OCH3 is 1. The number of hydrogen-bond donors (Lipinski definition) is 1. The molecule has 8 heteroatoms. The molecular weight excluding hydrogens is 401 g/mol. The van der Waals surface area contributed by atoms with E-state index < -0.39 is 12.6 Å². The largest absolute Gasteiger partial charge is 0.493 e. The van der Waals surface area contributed by atoms with Crippen LogP contribution in [0, 0.1) is 11.3 Å². The summed E-state index contributed by atoms with van der Waals surface area (Å²) in [5.41, 5.74) is 1.36. The molecular formula is C18H12Cl3NO4. The van der Waals surface area contributed by atoms with Crippen molar-refractivity contribution in [3.05, 3.63) is 56.5 Å². The zero-order chi connectivity index (χ0) is 19.3. The fraction of sp³-hybridized carbons (Fsp3) is 0.111. The van der Waals surface area contributed by atoms with Gasteiger partial charge in [0.15, 0.2) is 18.1 Å². The van der Waals surface area contributed by atoms with Crippen molar-refractivity contribution in [3.63, 3.8) is 0 Å². The van der Waals surface area contributed by atoms with Gasteiger partial charge in [0, 0.05) is 10.6 Å². The van der Waals surface area contributed by atoms with Crippen molar-refractivity contribution in [2.75, 3.05) is 13.7 Å². The predicted molar refractivity (Wildman–Crippen MR) is 101 cm³/mol. The van der Waals surface area contributed by atoms with Crippen molar-refractivity contribution < 1.29 is 19.4 Å². The lowest BCUT2D eigenvalue weighted by atomic mass is 10.0. The SMILES string of the molecule is COc1cc(/C=C(\C#N)c2ccc(Cl)cc2Cl)cc(Cl)c1OCC(=O)O. The fourth-order valence-corrected chi connectivity index (χ4v) is 2.93. The van der Waals surface area contributed by atoms with Gasteiger partial charge >= 0.3 is 5.97 Å². The molecule has 26 heavy (non-hydrogen) atoms. The van der Waals surface area contributed by atoms with Crippen molar-refractivity contribution in [1.82, 2.24) is 0 Å². The van der Waals surface area contributed by atoms with Crippen LogP contribution in [-0.4, -0.2) is 24.8 Å². The van der Waals surface area contributed by atoms with Gasteiger partial charge < -0.3 is 14.6 Å². The number of aliphatic carboxylic acids is 1. The van der Waals surface area contributed by atoms with Crippen LogP contribution >= 0.6 is 34.8 Å². The summed E-state index contributed by atoms with van der Waals surface area (Å²) in [6, 6.07) is 10.00. The zero-order valence-electron chi connectivity index (χ0n) is 13.4. The smallest absolute Gasteiger partial charge is 0.341 e. The second kappa shape index (κ2) is 8.81. The van der Waals surface area contributed by atoms with E-state index in [2.05, 4.69) is 6.07 Å². The highest BCUT2D eigenvalue weighted by Crippen LogP contribution is 2.38. The van der Waals surface area contributed by atoms with Crippen molar-refractivity contribution >= 4 is 52.4 Å². The van der Waals surface area contributed by atoms with Crippen molar-refractivity contribution in [2.45, 2.75) is 0 Å². The van der Waals surface area contributed by atoms with E-state index in [4.69, 9.17) is 49.4 Å². The molecule has 0 aromatic heterocycles. The van der Waals surface area contributed by atoms with Crippen LogP contribution in [-0.2, 0) is 4.79 Å². The van der Waals surface area contributed by atoms with Gasteiger partial charge in [-0.3, -0.25) is 0 Å². The number of nitrogens with zero attached hydrogens (tertiary/aromatic N) is 1. The molecule has 2 aromatic carbocycles. The lowest BCUT2D eigenvalue weighted by Crippen LogP contribution is -2.10. The van der Waals surface area contributed by atoms with E-state index in [0.29, 0.717) is 26.7 Å². The number of benzene rings is 2. The highest BCUT2D eigenvalue weighted by Gasteiger charge is 2.14. The Kier molecular flexibility index (Phi) is 6.76. The van der Waals surface area contributed by atoms with Crippen LogP contribution in [0.2, 0.25) is 15.1 Å². The summed E-state index contributed by atoms with van der Waals surface area (Å²) in [5.74, 6) is -0.794. The van der Waals surface area contributed by atoms with Crippen LogP contribution in [0.4, 0.5) is 0 Å². The highest BCUT2D eigenvalue weighted by atomic mass is 35.5. The lowest BCUT2D eigenvalue weighted by Gasteiger charge is -2.12. The summed E-state index contributed by atoms with van der Waals surface area (Å²) in [6.45, 7) is -0.560. The molecule has 0 atom stereocenters. The molecule has 0 bridgehead atoms. The number of hydrogen-bond acceptors (Lipinski definition) is 4. The first-order valence-corrected chi connectivity index (χ1v) is 8.28. The molecule has 2 rings (SSSR count). The van der Waals surface area contributed by atoms with Gasteiger partial charge in [0.2, 0.25) is 0 Å². The number of ether oxygens (including phenoxy) is 2. The van der Waals surface area contributed by atoms with Crippen LogP contribution in [0.3, 0.4) is 0 Å². The molecule has 0 radical (unpaired) electrons. The van der Waals surface area contributed by atoms with E-state index in [-0.39, 0.29) is 16.5 Å². The molecule has 0 saturated carbocycles. The standard InChI is InChI=1S/C18H12Cl3NO4/c1-25-16-6-10(5-15(21)18(16)26-9-17(23)24)4-11(8-22)13-3-2-12(19)7-14(13)20/h2-7H,9H2,1H3,(H,23,24)/b11-4+. The van der Waals surface area contributed by atoms with E-state index in [0.717, 1.165) is 0 Å². The third kappa shape index (κ3) is 4.83.